The molecular weight excluding hydrogens is 287 g/mol. The van der Waals surface area contributed by atoms with Gasteiger partial charge in [-0.2, -0.15) is 0 Å². The van der Waals surface area contributed by atoms with Crippen molar-refractivity contribution >= 4 is 10.0 Å². The zero-order valence-corrected chi connectivity index (χ0v) is 11.8. The first-order valence-electron chi connectivity index (χ1n) is 6.18. The predicted molar refractivity (Wildman–Crippen MR) is 70.6 cm³/mol. The molecule has 1 aliphatic heterocycles. The lowest BCUT2D eigenvalue weighted by Gasteiger charge is -2.28. The minimum absolute atomic E-state index is 0.0247. The van der Waals surface area contributed by atoms with Crippen LogP contribution in [0.3, 0.4) is 0 Å². The van der Waals surface area contributed by atoms with E-state index in [0.29, 0.717) is 19.5 Å². The fraction of sp³-hybridized carbons (Fsp3) is 0.500. The van der Waals surface area contributed by atoms with Crippen LogP contribution in [0.1, 0.15) is 6.42 Å². The van der Waals surface area contributed by atoms with Crippen molar-refractivity contribution in [2.24, 2.45) is 0 Å². The van der Waals surface area contributed by atoms with E-state index in [1.54, 1.807) is 0 Å². The molecule has 0 spiro atoms. The van der Waals surface area contributed by atoms with Gasteiger partial charge in [0.2, 0.25) is 10.0 Å². The lowest BCUT2D eigenvalue weighted by molar-refractivity contribution is 0.109. The average molecular weight is 304 g/mol. The standard InChI is InChI=1S/C12H17FN2O4S/c1-19-12-3-2-8(6-9(12)13)20(17,18)15-10-7-14-5-4-11(10)16/h2-3,6,10-11,14-16H,4-5,7H2,1H3/t10-,11+/m0/s1. The van der Waals surface area contributed by atoms with E-state index in [1.165, 1.54) is 19.2 Å². The van der Waals surface area contributed by atoms with Crippen LogP contribution in [-0.2, 0) is 10.0 Å². The first-order valence-corrected chi connectivity index (χ1v) is 7.67. The first kappa shape index (κ1) is 15.2. The Morgan fingerprint density at radius 1 is 1.50 bits per heavy atom. The van der Waals surface area contributed by atoms with Crippen LogP contribution in [0.25, 0.3) is 0 Å². The van der Waals surface area contributed by atoms with Crippen LogP contribution in [0, 0.1) is 5.82 Å². The van der Waals surface area contributed by atoms with Crippen molar-refractivity contribution in [1.82, 2.24) is 10.0 Å². The Morgan fingerprint density at radius 3 is 2.85 bits per heavy atom. The van der Waals surface area contributed by atoms with Gasteiger partial charge in [0.15, 0.2) is 11.6 Å². The molecule has 0 bridgehead atoms. The number of ether oxygens (including phenoxy) is 1. The van der Waals surface area contributed by atoms with Gasteiger partial charge in [-0.15, -0.1) is 0 Å². The number of rotatable bonds is 4. The number of benzene rings is 1. The summed E-state index contributed by atoms with van der Waals surface area (Å²) >= 11 is 0. The maximum Gasteiger partial charge on any atom is 0.241 e. The van der Waals surface area contributed by atoms with Crippen molar-refractivity contribution in [3.05, 3.63) is 24.0 Å². The van der Waals surface area contributed by atoms with Gasteiger partial charge in [-0.3, -0.25) is 0 Å². The maximum absolute atomic E-state index is 13.6. The van der Waals surface area contributed by atoms with E-state index in [-0.39, 0.29) is 10.6 Å². The highest BCUT2D eigenvalue weighted by Gasteiger charge is 2.28. The quantitative estimate of drug-likeness (QED) is 0.719. The van der Waals surface area contributed by atoms with Crippen LogP contribution in [0.2, 0.25) is 0 Å². The Bertz CT molecular complexity index is 579. The van der Waals surface area contributed by atoms with Gasteiger partial charge < -0.3 is 15.2 Å². The minimum Gasteiger partial charge on any atom is -0.494 e. The molecule has 6 nitrogen and oxygen atoms in total. The number of methoxy groups -OCH3 is 1. The van der Waals surface area contributed by atoms with E-state index in [9.17, 15) is 17.9 Å². The summed E-state index contributed by atoms with van der Waals surface area (Å²) in [5.41, 5.74) is 0. The van der Waals surface area contributed by atoms with Crippen molar-refractivity contribution in [3.63, 3.8) is 0 Å². The number of nitrogens with one attached hydrogen (secondary N) is 2. The molecule has 1 aromatic carbocycles. The van der Waals surface area contributed by atoms with Crippen molar-refractivity contribution < 1.29 is 22.7 Å². The van der Waals surface area contributed by atoms with Gasteiger partial charge in [-0.25, -0.2) is 17.5 Å². The second-order valence-corrected chi connectivity index (χ2v) is 6.30. The Balaban J connectivity index is 2.19. The van der Waals surface area contributed by atoms with Crippen molar-refractivity contribution in [2.45, 2.75) is 23.5 Å². The van der Waals surface area contributed by atoms with E-state index in [0.717, 1.165) is 6.07 Å². The summed E-state index contributed by atoms with van der Waals surface area (Å²) in [6.45, 7) is 0.968. The summed E-state index contributed by atoms with van der Waals surface area (Å²) in [4.78, 5) is -0.200. The molecule has 20 heavy (non-hydrogen) atoms. The van der Waals surface area contributed by atoms with Gasteiger partial charge >= 0.3 is 0 Å². The highest BCUT2D eigenvalue weighted by molar-refractivity contribution is 7.89. The van der Waals surface area contributed by atoms with E-state index in [1.807, 2.05) is 0 Å². The Labute approximate surface area is 117 Å². The SMILES string of the molecule is COc1ccc(S(=O)(=O)N[C@H]2CNCC[C@H]2O)cc1F. The molecule has 0 saturated carbocycles. The van der Waals surface area contributed by atoms with Crippen LogP contribution < -0.4 is 14.8 Å². The van der Waals surface area contributed by atoms with Gasteiger partial charge in [0, 0.05) is 6.54 Å². The second-order valence-electron chi connectivity index (χ2n) is 4.58. The summed E-state index contributed by atoms with van der Waals surface area (Å²) in [7, 11) is -2.59. The van der Waals surface area contributed by atoms with Gasteiger partial charge in [0.05, 0.1) is 24.2 Å². The Morgan fingerprint density at radius 2 is 2.25 bits per heavy atom. The summed E-state index contributed by atoms with van der Waals surface area (Å²) in [6, 6.07) is 2.77. The van der Waals surface area contributed by atoms with Crippen LogP contribution >= 0.6 is 0 Å². The van der Waals surface area contributed by atoms with Crippen LogP contribution in [-0.4, -0.2) is 45.9 Å². The topological polar surface area (TPSA) is 87.7 Å². The third-order valence-electron chi connectivity index (χ3n) is 3.19. The third-order valence-corrected chi connectivity index (χ3v) is 4.67. The summed E-state index contributed by atoms with van der Waals surface area (Å²) < 4.78 is 45.0. The fourth-order valence-electron chi connectivity index (χ4n) is 2.05. The zero-order chi connectivity index (χ0) is 14.8. The number of hydrogen-bond acceptors (Lipinski definition) is 5. The third kappa shape index (κ3) is 3.26. The molecule has 0 unspecified atom stereocenters. The van der Waals surface area contributed by atoms with Crippen molar-refractivity contribution in [3.8, 4) is 5.75 Å². The van der Waals surface area contributed by atoms with Crippen molar-refractivity contribution in [1.29, 1.82) is 0 Å². The number of aliphatic hydroxyl groups excluding tert-OH is 1. The smallest absolute Gasteiger partial charge is 0.241 e. The highest BCUT2D eigenvalue weighted by Crippen LogP contribution is 2.21. The van der Waals surface area contributed by atoms with Crippen LogP contribution in [0.4, 0.5) is 4.39 Å². The molecule has 3 N–H and O–H groups in total. The molecule has 0 aromatic heterocycles. The van der Waals surface area contributed by atoms with E-state index in [2.05, 4.69) is 10.0 Å². The molecule has 2 rings (SSSR count). The molecule has 1 aliphatic rings. The van der Waals surface area contributed by atoms with Crippen molar-refractivity contribution in [2.75, 3.05) is 20.2 Å². The second kappa shape index (κ2) is 6.04. The predicted octanol–water partition coefficient (Wildman–Crippen LogP) is -0.165. The number of hydrogen-bond donors (Lipinski definition) is 3. The molecule has 1 aromatic rings. The number of piperidine rings is 1. The lowest BCUT2D eigenvalue weighted by Crippen LogP contribution is -2.53. The van der Waals surface area contributed by atoms with Crippen LogP contribution in [0.15, 0.2) is 23.1 Å². The molecule has 1 fully saturated rings. The lowest BCUT2D eigenvalue weighted by atomic mass is 10.1. The first-order chi connectivity index (χ1) is 9.44. The van der Waals surface area contributed by atoms with Gasteiger partial charge in [-0.1, -0.05) is 0 Å². The van der Waals surface area contributed by atoms with Gasteiger partial charge in [-0.05, 0) is 31.2 Å². The zero-order valence-electron chi connectivity index (χ0n) is 11.0. The normalized spacial score (nSPS) is 23.6. The van der Waals surface area contributed by atoms with Gasteiger partial charge in [0.1, 0.15) is 0 Å². The fourth-order valence-corrected chi connectivity index (χ4v) is 3.33. The number of aliphatic hydroxyl groups is 1. The van der Waals surface area contributed by atoms with E-state index in [4.69, 9.17) is 4.74 Å². The molecule has 0 radical (unpaired) electrons. The number of sulfonamides is 1. The van der Waals surface area contributed by atoms with E-state index >= 15 is 0 Å². The van der Waals surface area contributed by atoms with Crippen LogP contribution in [0.5, 0.6) is 5.75 Å². The molecule has 8 heteroatoms. The molecule has 0 amide bonds. The summed E-state index contributed by atoms with van der Waals surface area (Å²) in [5.74, 6) is -0.777. The molecule has 0 aliphatic carbocycles. The maximum atomic E-state index is 13.6. The summed E-state index contributed by atoms with van der Waals surface area (Å²) in [6.07, 6.45) is -0.293. The monoisotopic (exact) mass is 304 g/mol. The molecule has 112 valence electrons. The molecule has 1 heterocycles. The van der Waals surface area contributed by atoms with E-state index < -0.39 is 28.0 Å². The average Bonchev–Trinajstić information content (AvgIpc) is 2.41. The largest absolute Gasteiger partial charge is 0.494 e. The minimum atomic E-state index is -3.89. The summed E-state index contributed by atoms with van der Waals surface area (Å²) in [5, 5.41) is 12.7. The Kier molecular flexibility index (Phi) is 4.59. The Hall–Kier alpha value is -1.22. The van der Waals surface area contributed by atoms with Gasteiger partial charge in [0.25, 0.3) is 0 Å². The molecular formula is C12H17FN2O4S. The molecule has 1 saturated heterocycles. The number of halogens is 1. The highest BCUT2D eigenvalue weighted by atomic mass is 32.2. The molecule has 2 atom stereocenters.